The highest BCUT2D eigenvalue weighted by molar-refractivity contribution is 5.95. The molecule has 0 radical (unpaired) electrons. The number of hydrogen-bond acceptors (Lipinski definition) is 5. The van der Waals surface area contributed by atoms with E-state index in [1.165, 1.54) is 12.1 Å². The average molecular weight is 280 g/mol. The molecule has 3 N–H and O–H groups in total. The zero-order chi connectivity index (χ0) is 14.7. The number of carboxylic acid groups (broad SMARTS) is 1. The number of nitro groups is 1. The van der Waals surface area contributed by atoms with Gasteiger partial charge in [-0.15, -0.1) is 0 Å². The van der Waals surface area contributed by atoms with Gasteiger partial charge >= 0.3 is 5.97 Å². The average Bonchev–Trinajstić information content (AvgIpc) is 2.81. The van der Waals surface area contributed by atoms with Crippen LogP contribution in [-0.2, 0) is 0 Å². The Morgan fingerprint density at radius 3 is 2.75 bits per heavy atom. The third-order valence-corrected chi connectivity index (χ3v) is 3.62. The van der Waals surface area contributed by atoms with Gasteiger partial charge in [0.15, 0.2) is 0 Å². The smallest absolute Gasteiger partial charge is 0.338 e. The summed E-state index contributed by atoms with van der Waals surface area (Å²) in [7, 11) is 0. The lowest BCUT2D eigenvalue weighted by molar-refractivity contribution is -0.384. The highest BCUT2D eigenvalue weighted by Gasteiger charge is 2.25. The van der Waals surface area contributed by atoms with Gasteiger partial charge < -0.3 is 15.5 Å². The number of nitrogens with one attached hydrogen (secondary N) is 1. The first-order valence-electron chi connectivity index (χ1n) is 6.42. The molecule has 1 saturated carbocycles. The van der Waals surface area contributed by atoms with Gasteiger partial charge in [-0.1, -0.05) is 6.42 Å². The number of benzene rings is 1. The summed E-state index contributed by atoms with van der Waals surface area (Å²) in [5.74, 6) is -1.13. The van der Waals surface area contributed by atoms with Crippen LogP contribution in [0.15, 0.2) is 18.2 Å². The summed E-state index contributed by atoms with van der Waals surface area (Å²) in [6.07, 6.45) is 2.25. The van der Waals surface area contributed by atoms with Gasteiger partial charge in [-0.05, 0) is 18.9 Å². The molecule has 108 valence electrons. The third-order valence-electron chi connectivity index (χ3n) is 3.62. The zero-order valence-electron chi connectivity index (χ0n) is 10.8. The molecule has 2 atom stereocenters. The first-order valence-corrected chi connectivity index (χ1v) is 6.42. The van der Waals surface area contributed by atoms with E-state index >= 15 is 0 Å². The summed E-state index contributed by atoms with van der Waals surface area (Å²) in [4.78, 5) is 21.2. The van der Waals surface area contributed by atoms with E-state index in [1.807, 2.05) is 0 Å². The number of aromatic carboxylic acids is 1. The summed E-state index contributed by atoms with van der Waals surface area (Å²) >= 11 is 0. The largest absolute Gasteiger partial charge is 0.478 e. The Kier molecular flexibility index (Phi) is 4.19. The Hall–Kier alpha value is -2.15. The maximum Gasteiger partial charge on any atom is 0.338 e. The van der Waals surface area contributed by atoms with Crippen molar-refractivity contribution in [1.29, 1.82) is 0 Å². The minimum Gasteiger partial charge on any atom is -0.478 e. The van der Waals surface area contributed by atoms with Crippen LogP contribution >= 0.6 is 0 Å². The van der Waals surface area contributed by atoms with Crippen LogP contribution in [0.1, 0.15) is 29.6 Å². The number of aliphatic hydroxyl groups is 1. The van der Waals surface area contributed by atoms with Crippen molar-refractivity contribution in [2.75, 3.05) is 11.9 Å². The molecular formula is C13H16N2O5. The molecule has 0 bridgehead atoms. The summed E-state index contributed by atoms with van der Waals surface area (Å²) < 4.78 is 0. The van der Waals surface area contributed by atoms with E-state index < -0.39 is 10.9 Å². The lowest BCUT2D eigenvalue weighted by Crippen LogP contribution is -2.22. The van der Waals surface area contributed by atoms with Crippen LogP contribution < -0.4 is 5.32 Å². The van der Waals surface area contributed by atoms with E-state index in [9.17, 15) is 20.0 Å². The van der Waals surface area contributed by atoms with E-state index in [4.69, 9.17) is 5.11 Å². The topological polar surface area (TPSA) is 113 Å². The minimum absolute atomic E-state index is 0.0897. The predicted octanol–water partition coefficient (Wildman–Crippen LogP) is 1.87. The van der Waals surface area contributed by atoms with Gasteiger partial charge in [0, 0.05) is 30.3 Å². The van der Waals surface area contributed by atoms with Gasteiger partial charge in [0.05, 0.1) is 16.6 Å². The maximum atomic E-state index is 11.1. The number of anilines is 1. The van der Waals surface area contributed by atoms with Crippen molar-refractivity contribution in [2.45, 2.75) is 25.4 Å². The molecule has 7 nitrogen and oxygen atoms in total. The van der Waals surface area contributed by atoms with E-state index in [0.717, 1.165) is 25.3 Å². The molecule has 0 spiro atoms. The molecule has 1 aliphatic rings. The Bertz CT molecular complexity index is 531. The van der Waals surface area contributed by atoms with Crippen LogP contribution in [0, 0.1) is 16.0 Å². The molecule has 2 unspecified atom stereocenters. The summed E-state index contributed by atoms with van der Waals surface area (Å²) in [5.41, 5.74) is -0.0530. The van der Waals surface area contributed by atoms with Crippen LogP contribution in [0.3, 0.4) is 0 Å². The van der Waals surface area contributed by atoms with Gasteiger partial charge in [-0.25, -0.2) is 4.79 Å². The molecule has 1 fully saturated rings. The van der Waals surface area contributed by atoms with Crippen LogP contribution in [0.2, 0.25) is 0 Å². The van der Waals surface area contributed by atoms with Crippen molar-refractivity contribution >= 4 is 17.3 Å². The summed E-state index contributed by atoms with van der Waals surface area (Å²) in [6.45, 7) is 0.458. The fourth-order valence-electron chi connectivity index (χ4n) is 2.47. The highest BCUT2D eigenvalue weighted by atomic mass is 16.6. The molecule has 0 amide bonds. The molecule has 0 saturated heterocycles. The van der Waals surface area contributed by atoms with E-state index in [2.05, 4.69) is 5.32 Å². The SMILES string of the molecule is O=C(O)c1cc([N+](=O)[O-])ccc1NCC1CCCC1O. The number of carbonyl (C=O) groups is 1. The molecule has 1 aromatic carbocycles. The second-order valence-electron chi connectivity index (χ2n) is 4.93. The van der Waals surface area contributed by atoms with Gasteiger partial charge in [0.2, 0.25) is 0 Å². The summed E-state index contributed by atoms with van der Waals surface area (Å²) in [6, 6.07) is 3.69. The second-order valence-corrected chi connectivity index (χ2v) is 4.93. The number of rotatable bonds is 5. The van der Waals surface area contributed by atoms with Gasteiger partial charge in [0.25, 0.3) is 5.69 Å². The minimum atomic E-state index is -1.22. The van der Waals surface area contributed by atoms with Crippen molar-refractivity contribution in [1.82, 2.24) is 0 Å². The van der Waals surface area contributed by atoms with Crippen molar-refractivity contribution in [3.63, 3.8) is 0 Å². The third kappa shape index (κ3) is 3.05. The number of aliphatic hydroxyl groups excluding tert-OH is 1. The molecule has 0 aliphatic heterocycles. The van der Waals surface area contributed by atoms with E-state index in [0.29, 0.717) is 12.2 Å². The number of nitro benzene ring substituents is 1. The maximum absolute atomic E-state index is 11.1. The molecule has 2 rings (SSSR count). The van der Waals surface area contributed by atoms with Crippen molar-refractivity contribution in [3.05, 3.63) is 33.9 Å². The number of hydrogen-bond donors (Lipinski definition) is 3. The van der Waals surface area contributed by atoms with Crippen LogP contribution in [0.25, 0.3) is 0 Å². The number of nitrogens with zero attached hydrogens (tertiary/aromatic N) is 1. The lowest BCUT2D eigenvalue weighted by atomic mass is 10.1. The molecular weight excluding hydrogens is 264 g/mol. The summed E-state index contributed by atoms with van der Waals surface area (Å²) in [5, 5.41) is 32.4. The predicted molar refractivity (Wildman–Crippen MR) is 71.9 cm³/mol. The monoisotopic (exact) mass is 280 g/mol. The van der Waals surface area contributed by atoms with Crippen LogP contribution in [-0.4, -0.2) is 33.8 Å². The lowest BCUT2D eigenvalue weighted by Gasteiger charge is -2.17. The van der Waals surface area contributed by atoms with Crippen LogP contribution in [0.4, 0.5) is 11.4 Å². The zero-order valence-corrected chi connectivity index (χ0v) is 10.8. The van der Waals surface area contributed by atoms with Crippen molar-refractivity contribution in [3.8, 4) is 0 Å². The Morgan fingerprint density at radius 2 is 2.20 bits per heavy atom. The standard InChI is InChI=1S/C13H16N2O5/c16-12-3-1-2-8(12)7-14-11-5-4-9(15(19)20)6-10(11)13(17)18/h4-6,8,12,14,16H,1-3,7H2,(H,17,18). The first kappa shape index (κ1) is 14.3. The molecule has 0 aromatic heterocycles. The molecule has 0 heterocycles. The highest BCUT2D eigenvalue weighted by Crippen LogP contribution is 2.27. The Labute approximate surface area is 115 Å². The van der Waals surface area contributed by atoms with E-state index in [1.54, 1.807) is 0 Å². The Balaban J connectivity index is 2.14. The molecule has 1 aliphatic carbocycles. The van der Waals surface area contributed by atoms with Crippen LogP contribution in [0.5, 0.6) is 0 Å². The fraction of sp³-hybridized carbons (Fsp3) is 0.462. The first-order chi connectivity index (χ1) is 9.49. The van der Waals surface area contributed by atoms with E-state index in [-0.39, 0.29) is 23.3 Å². The van der Waals surface area contributed by atoms with Crippen molar-refractivity contribution in [2.24, 2.45) is 5.92 Å². The quantitative estimate of drug-likeness (QED) is 0.560. The fourth-order valence-corrected chi connectivity index (χ4v) is 2.47. The van der Waals surface area contributed by atoms with Gasteiger partial charge in [0.1, 0.15) is 0 Å². The Morgan fingerprint density at radius 1 is 1.45 bits per heavy atom. The van der Waals surface area contributed by atoms with Gasteiger partial charge in [-0.2, -0.15) is 0 Å². The van der Waals surface area contributed by atoms with Gasteiger partial charge in [-0.3, -0.25) is 10.1 Å². The molecule has 20 heavy (non-hydrogen) atoms. The second kappa shape index (κ2) is 5.87. The molecule has 1 aromatic rings. The molecule has 7 heteroatoms. The normalized spacial score (nSPS) is 21.6. The number of carboxylic acids is 1. The number of non-ortho nitro benzene ring substituents is 1. The van der Waals surface area contributed by atoms with Crippen molar-refractivity contribution < 1.29 is 19.9 Å².